The number of nitrogen functional groups attached to an aromatic ring is 1. The Morgan fingerprint density at radius 1 is 1.29 bits per heavy atom. The van der Waals surface area contributed by atoms with E-state index in [1.807, 2.05) is 30.3 Å². The van der Waals surface area contributed by atoms with Crippen LogP contribution >= 0.6 is 11.8 Å². The molecule has 0 aromatic heterocycles. The summed E-state index contributed by atoms with van der Waals surface area (Å²) in [7, 11) is 1.62. The number of nitrogens with zero attached hydrogens (tertiary/aromatic N) is 1. The molecule has 0 aliphatic heterocycles. The van der Waals surface area contributed by atoms with Gasteiger partial charge in [0.15, 0.2) is 0 Å². The molecule has 0 bridgehead atoms. The first-order chi connectivity index (χ1) is 10.1. The van der Waals surface area contributed by atoms with Crippen molar-refractivity contribution in [2.24, 2.45) is 5.84 Å². The van der Waals surface area contributed by atoms with Crippen LogP contribution in [-0.4, -0.2) is 12.0 Å². The minimum atomic E-state index is -0.448. The minimum absolute atomic E-state index is 0.0228. The number of nitro groups is 1. The average Bonchev–Trinajstić information content (AvgIpc) is 2.53. The van der Waals surface area contributed by atoms with Crippen LogP contribution in [0.15, 0.2) is 47.4 Å². The van der Waals surface area contributed by atoms with Gasteiger partial charge in [0.1, 0.15) is 11.4 Å². The molecular weight excluding hydrogens is 290 g/mol. The predicted octanol–water partition coefficient (Wildman–Crippen LogP) is 3.18. The van der Waals surface area contributed by atoms with Crippen molar-refractivity contribution in [3.05, 3.63) is 58.1 Å². The summed E-state index contributed by atoms with van der Waals surface area (Å²) < 4.78 is 5.10. The quantitative estimate of drug-likeness (QED) is 0.369. The number of nitrogens with two attached hydrogens (primary N) is 1. The van der Waals surface area contributed by atoms with Crippen LogP contribution < -0.4 is 16.0 Å². The van der Waals surface area contributed by atoms with Crippen LogP contribution in [-0.2, 0) is 5.75 Å². The molecule has 0 radical (unpaired) electrons. The van der Waals surface area contributed by atoms with Crippen LogP contribution in [0.1, 0.15) is 5.56 Å². The lowest BCUT2D eigenvalue weighted by Crippen LogP contribution is -2.09. The van der Waals surface area contributed by atoms with E-state index in [9.17, 15) is 10.1 Å². The summed E-state index contributed by atoms with van der Waals surface area (Å²) >= 11 is 1.60. The molecule has 0 atom stereocenters. The van der Waals surface area contributed by atoms with Gasteiger partial charge in [0.05, 0.1) is 12.0 Å². The molecule has 2 rings (SSSR count). The zero-order valence-corrected chi connectivity index (χ0v) is 12.2. The van der Waals surface area contributed by atoms with E-state index in [1.54, 1.807) is 24.9 Å². The Bertz CT molecular complexity index is 632. The number of hydrazine groups is 1. The normalized spacial score (nSPS) is 10.2. The SMILES string of the molecule is COc1ccc(SCc2ccc(NN)c([N+](=O)[O-])c2)cc1. The molecule has 0 heterocycles. The number of ether oxygens (including phenoxy) is 1. The van der Waals surface area contributed by atoms with Crippen molar-refractivity contribution >= 4 is 23.1 Å². The minimum Gasteiger partial charge on any atom is -0.497 e. The van der Waals surface area contributed by atoms with Gasteiger partial charge in [0.25, 0.3) is 5.69 Å². The van der Waals surface area contributed by atoms with E-state index in [0.29, 0.717) is 11.4 Å². The van der Waals surface area contributed by atoms with Crippen molar-refractivity contribution in [1.29, 1.82) is 0 Å². The molecule has 0 spiro atoms. The Morgan fingerprint density at radius 3 is 2.57 bits per heavy atom. The number of nitro benzene ring substituents is 1. The lowest BCUT2D eigenvalue weighted by Gasteiger charge is -2.06. The fourth-order valence-corrected chi connectivity index (χ4v) is 2.62. The van der Waals surface area contributed by atoms with Gasteiger partial charge in [-0.05, 0) is 35.9 Å². The van der Waals surface area contributed by atoms with E-state index in [-0.39, 0.29) is 5.69 Å². The Kier molecular flexibility index (Phi) is 5.02. The molecule has 0 amide bonds. The van der Waals surface area contributed by atoms with Crippen molar-refractivity contribution in [1.82, 2.24) is 0 Å². The summed E-state index contributed by atoms with van der Waals surface area (Å²) in [6, 6.07) is 12.6. The molecule has 7 heteroatoms. The maximum Gasteiger partial charge on any atom is 0.293 e. The Balaban J connectivity index is 2.08. The van der Waals surface area contributed by atoms with Crippen molar-refractivity contribution in [3.8, 4) is 5.75 Å². The molecule has 0 fully saturated rings. The standard InChI is InChI=1S/C14H15N3O3S/c1-20-11-3-5-12(6-4-11)21-9-10-2-7-13(16-15)14(8-10)17(18)19/h2-8,16H,9,15H2,1H3. The largest absolute Gasteiger partial charge is 0.497 e. The predicted molar refractivity (Wildman–Crippen MR) is 83.5 cm³/mol. The Hall–Kier alpha value is -2.25. The van der Waals surface area contributed by atoms with E-state index in [0.717, 1.165) is 16.2 Å². The number of nitrogens with one attached hydrogen (secondary N) is 1. The number of benzene rings is 2. The molecule has 0 saturated carbocycles. The maximum absolute atomic E-state index is 11.0. The second kappa shape index (κ2) is 6.96. The van der Waals surface area contributed by atoms with Crippen LogP contribution in [0.2, 0.25) is 0 Å². The van der Waals surface area contributed by atoms with E-state index < -0.39 is 4.92 Å². The molecule has 0 saturated heterocycles. The smallest absolute Gasteiger partial charge is 0.293 e. The molecule has 6 nitrogen and oxygen atoms in total. The highest BCUT2D eigenvalue weighted by molar-refractivity contribution is 7.98. The molecule has 2 aromatic carbocycles. The zero-order valence-electron chi connectivity index (χ0n) is 11.4. The van der Waals surface area contributed by atoms with Crippen molar-refractivity contribution < 1.29 is 9.66 Å². The number of hydrogen-bond donors (Lipinski definition) is 2. The molecule has 0 aliphatic rings. The van der Waals surface area contributed by atoms with Crippen LogP contribution in [0.3, 0.4) is 0 Å². The lowest BCUT2D eigenvalue weighted by molar-refractivity contribution is -0.384. The molecule has 21 heavy (non-hydrogen) atoms. The number of anilines is 1. The zero-order chi connectivity index (χ0) is 15.2. The second-order valence-corrected chi connectivity index (χ2v) is 5.27. The second-order valence-electron chi connectivity index (χ2n) is 4.22. The first kappa shape index (κ1) is 15.1. The van der Waals surface area contributed by atoms with Crippen LogP contribution in [0.5, 0.6) is 5.75 Å². The first-order valence-corrected chi connectivity index (χ1v) is 7.13. The maximum atomic E-state index is 11.0. The van der Waals surface area contributed by atoms with Crippen molar-refractivity contribution in [2.45, 2.75) is 10.6 Å². The third-order valence-corrected chi connectivity index (χ3v) is 3.96. The first-order valence-electron chi connectivity index (χ1n) is 6.15. The van der Waals surface area contributed by atoms with Gasteiger partial charge < -0.3 is 10.2 Å². The van der Waals surface area contributed by atoms with Gasteiger partial charge in [-0.25, -0.2) is 0 Å². The van der Waals surface area contributed by atoms with Crippen LogP contribution in [0, 0.1) is 10.1 Å². The van der Waals surface area contributed by atoms with Crippen molar-refractivity contribution in [2.75, 3.05) is 12.5 Å². The van der Waals surface area contributed by atoms with Gasteiger partial charge in [-0.3, -0.25) is 16.0 Å². The fourth-order valence-electron chi connectivity index (χ4n) is 1.78. The summed E-state index contributed by atoms with van der Waals surface area (Å²) in [5.74, 6) is 6.70. The van der Waals surface area contributed by atoms with E-state index in [2.05, 4.69) is 5.43 Å². The molecule has 2 aromatic rings. The number of methoxy groups -OCH3 is 1. The van der Waals surface area contributed by atoms with Gasteiger partial charge in [0.2, 0.25) is 0 Å². The highest BCUT2D eigenvalue weighted by atomic mass is 32.2. The summed E-state index contributed by atoms with van der Waals surface area (Å²) in [5.41, 5.74) is 3.47. The van der Waals surface area contributed by atoms with E-state index in [4.69, 9.17) is 10.6 Å². The summed E-state index contributed by atoms with van der Waals surface area (Å²) in [6.45, 7) is 0. The monoisotopic (exact) mass is 305 g/mol. The van der Waals surface area contributed by atoms with Gasteiger partial charge in [-0.2, -0.15) is 0 Å². The Morgan fingerprint density at radius 2 is 2.00 bits per heavy atom. The number of thioether (sulfide) groups is 1. The van der Waals surface area contributed by atoms with Gasteiger partial charge in [-0.15, -0.1) is 11.8 Å². The highest BCUT2D eigenvalue weighted by Crippen LogP contribution is 2.29. The Labute approximate surface area is 126 Å². The molecule has 0 aliphatic carbocycles. The van der Waals surface area contributed by atoms with E-state index >= 15 is 0 Å². The molecule has 3 N–H and O–H groups in total. The average molecular weight is 305 g/mol. The molecule has 110 valence electrons. The summed E-state index contributed by atoms with van der Waals surface area (Å²) in [6.07, 6.45) is 0. The molecular formula is C14H15N3O3S. The summed E-state index contributed by atoms with van der Waals surface area (Å²) in [5, 5.41) is 11.0. The third-order valence-electron chi connectivity index (χ3n) is 2.88. The van der Waals surface area contributed by atoms with Gasteiger partial charge >= 0.3 is 0 Å². The topological polar surface area (TPSA) is 90.4 Å². The highest BCUT2D eigenvalue weighted by Gasteiger charge is 2.13. The number of hydrogen-bond acceptors (Lipinski definition) is 6. The van der Waals surface area contributed by atoms with Crippen LogP contribution in [0.25, 0.3) is 0 Å². The number of rotatable bonds is 6. The van der Waals surface area contributed by atoms with Gasteiger partial charge in [-0.1, -0.05) is 6.07 Å². The van der Waals surface area contributed by atoms with E-state index in [1.165, 1.54) is 6.07 Å². The van der Waals surface area contributed by atoms with Gasteiger partial charge in [0, 0.05) is 16.7 Å². The fraction of sp³-hybridized carbons (Fsp3) is 0.143. The van der Waals surface area contributed by atoms with Crippen molar-refractivity contribution in [3.63, 3.8) is 0 Å². The molecule has 0 unspecified atom stereocenters. The van der Waals surface area contributed by atoms with Crippen LogP contribution in [0.4, 0.5) is 11.4 Å². The summed E-state index contributed by atoms with van der Waals surface area (Å²) in [4.78, 5) is 11.6. The lowest BCUT2D eigenvalue weighted by atomic mass is 10.2. The third kappa shape index (κ3) is 3.87.